The van der Waals surface area contributed by atoms with Crippen LogP contribution in [0.25, 0.3) is 153 Å². The van der Waals surface area contributed by atoms with Crippen LogP contribution in [0.15, 0.2) is 297 Å². The highest BCUT2D eigenvalue weighted by atomic mass is 16.6. The highest BCUT2D eigenvalue weighted by molar-refractivity contribution is 6.21. The van der Waals surface area contributed by atoms with Crippen molar-refractivity contribution in [3.63, 3.8) is 0 Å². The van der Waals surface area contributed by atoms with Gasteiger partial charge in [0.1, 0.15) is 68.7 Å². The van der Waals surface area contributed by atoms with Gasteiger partial charge in [0.15, 0.2) is 16.5 Å². The summed E-state index contributed by atoms with van der Waals surface area (Å²) >= 11 is 0. The molecule has 0 fully saturated rings. The van der Waals surface area contributed by atoms with Crippen molar-refractivity contribution in [2.24, 2.45) is 0 Å². The molecule has 17 aromatic rings. The fourth-order valence-electron chi connectivity index (χ4n) is 20.3. The normalized spacial score (nSPS) is 12.5. The SMILES string of the molecule is CC(=O)Oc1ccc2c(c1)Oc1cc(OC(C)=O)ccc1C21OC(=O)c2cc3c(C)c4ccccc4c(C)c3cc21.Cc1c2ccccc2c(C)c2cc(-c3c4ccc(=O)cc-4oc4cc(O)ccc34)c(C(=O)O)cc12.Cc1c2ccccc2c(C)c2cc(-c3c4ccc(=O)cc-4oc4cc(O)ccc34)c(C(=O)O)cc12.Cc1c2ccccc2c(C)c2cc3c(cc12)C(=O)OC3=O.Oc1cccc(O)c1. The highest BCUT2D eigenvalue weighted by Gasteiger charge is 2.54. The molecule has 17 aromatic carbocycles. The Bertz CT molecular complexity index is 8710. The zero-order valence-electron chi connectivity index (χ0n) is 76.8. The average molecular weight is 1850 g/mol. The van der Waals surface area contributed by atoms with Crippen molar-refractivity contribution in [3.05, 3.63) is 389 Å². The topological polar surface area (TPSA) is 347 Å². The number of carbonyl (C=O) groups excluding carboxylic acids is 5. The number of phenolic OH excluding ortho intramolecular Hbond substituents is 4. The second kappa shape index (κ2) is 34.6. The van der Waals surface area contributed by atoms with Crippen LogP contribution >= 0.6 is 0 Å². The molecular formula is C118H82O22. The molecule has 0 unspecified atom stereocenters. The molecule has 0 saturated carbocycles. The number of ether oxygens (including phenoxy) is 5. The number of rotatable bonds is 6. The number of aromatic carboxylic acids is 2. The first-order chi connectivity index (χ1) is 67.2. The van der Waals surface area contributed by atoms with Gasteiger partial charge in [0.05, 0.1) is 27.8 Å². The maximum atomic E-state index is 13.7. The van der Waals surface area contributed by atoms with Crippen LogP contribution in [-0.2, 0) is 24.7 Å². The van der Waals surface area contributed by atoms with Crippen LogP contribution in [0, 0.1) is 55.4 Å². The minimum Gasteiger partial charge on any atom is -0.508 e. The van der Waals surface area contributed by atoms with E-state index in [-0.39, 0.29) is 56.5 Å². The number of cyclic esters (lactones) is 2. The van der Waals surface area contributed by atoms with Gasteiger partial charge in [0.25, 0.3) is 0 Å². The molecule has 24 rings (SSSR count). The Kier molecular flexibility index (Phi) is 22.1. The third-order valence-corrected chi connectivity index (χ3v) is 26.9. The number of hydrogen-bond donors (Lipinski definition) is 6. The van der Waals surface area contributed by atoms with Crippen molar-refractivity contribution in [2.45, 2.75) is 74.8 Å². The van der Waals surface area contributed by atoms with Crippen molar-refractivity contribution >= 4 is 150 Å². The van der Waals surface area contributed by atoms with E-state index in [1.807, 2.05) is 114 Å². The van der Waals surface area contributed by atoms with E-state index in [9.17, 15) is 63.6 Å². The lowest BCUT2D eigenvalue weighted by molar-refractivity contribution is -0.132. The maximum Gasteiger partial charge on any atom is 0.346 e. The van der Waals surface area contributed by atoms with Crippen molar-refractivity contribution in [3.8, 4) is 90.9 Å². The summed E-state index contributed by atoms with van der Waals surface area (Å²) in [5.41, 5.74) is 14.5. The second-order valence-electron chi connectivity index (χ2n) is 35.1. The molecule has 0 bridgehead atoms. The zero-order valence-corrected chi connectivity index (χ0v) is 76.8. The maximum absolute atomic E-state index is 13.7. The average Bonchev–Trinajstić information content (AvgIpc) is 1.48. The summed E-state index contributed by atoms with van der Waals surface area (Å²) in [5.74, 6) is -2.49. The first kappa shape index (κ1) is 89.6. The van der Waals surface area contributed by atoms with Crippen molar-refractivity contribution in [1.29, 1.82) is 0 Å². The van der Waals surface area contributed by atoms with Gasteiger partial charge >= 0.3 is 41.8 Å². The van der Waals surface area contributed by atoms with Crippen LogP contribution in [0.1, 0.15) is 127 Å². The summed E-state index contributed by atoms with van der Waals surface area (Å²) in [6.45, 7) is 19.0. The lowest BCUT2D eigenvalue weighted by Gasteiger charge is -2.36. The Morgan fingerprint density at radius 1 is 0.271 bits per heavy atom. The van der Waals surface area contributed by atoms with Gasteiger partial charge < -0.3 is 63.2 Å². The quantitative estimate of drug-likeness (QED) is 0.0390. The number of aromatic hydroxyl groups is 4. The first-order valence-electron chi connectivity index (χ1n) is 44.7. The smallest absolute Gasteiger partial charge is 0.346 e. The number of aryl methyl sites for hydroxylation is 8. The fourth-order valence-corrected chi connectivity index (χ4v) is 20.3. The Morgan fingerprint density at radius 3 is 0.921 bits per heavy atom. The number of esters is 5. The molecule has 2 aliphatic carbocycles. The fraction of sp³-hybridized carbons (Fsp3) is 0.0932. The molecule has 686 valence electrons. The van der Waals surface area contributed by atoms with Gasteiger partial charge in [0.2, 0.25) is 0 Å². The van der Waals surface area contributed by atoms with Crippen LogP contribution in [-0.4, -0.2) is 72.4 Å². The number of fused-ring (bicyclic) bond motifs is 19. The van der Waals surface area contributed by atoms with E-state index in [1.165, 1.54) is 79.2 Å². The predicted molar refractivity (Wildman–Crippen MR) is 538 cm³/mol. The zero-order chi connectivity index (χ0) is 98.2. The van der Waals surface area contributed by atoms with Crippen LogP contribution in [0.5, 0.6) is 46.0 Å². The Balaban J connectivity index is 0.000000113. The van der Waals surface area contributed by atoms with Gasteiger partial charge in [-0.3, -0.25) is 19.2 Å². The number of benzene rings is 19. The standard InChI is InChI=1S/C34H24O7.2C30H20O5.C18H12O3.C6H6O2/c1-17-23-7-5-6-8-24(23)18(2)26-16-30-27(15-25(17)26)33(37)41-34(30)28-11-9-21(38-19(3)35)13-31(28)40-32-14-22(39-20(4)36)10-12-29(32)34;2*1-15-19-5-3-4-6-20(19)16(2)24-14-26(30(33)34)25(13-23(15)24)29-21-9-7-17(31)11-27(21)35-28-12-18(32)8-10-22(28)29;1-9-11-5-3-4-6-12(11)10(2)14-8-16-15(7-13(9)14)17(19)21-18(16)20;7-5-2-1-3-6(8)4-5/h5-16H,1-4H3;2*3-14,31H,1-2H3,(H,33,34);3-8H,1-2H3;1-4,7-8H. The number of carboxylic acid groups (broad SMARTS) is 2. The van der Waals surface area contributed by atoms with E-state index < -0.39 is 47.4 Å². The van der Waals surface area contributed by atoms with Crippen molar-refractivity contribution < 1.29 is 96.7 Å². The molecule has 0 amide bonds. The van der Waals surface area contributed by atoms with Gasteiger partial charge in [-0.25, -0.2) is 24.0 Å². The summed E-state index contributed by atoms with van der Waals surface area (Å²) in [6.07, 6.45) is 0. The number of carboxylic acids is 2. The van der Waals surface area contributed by atoms with E-state index >= 15 is 0 Å². The molecule has 5 heterocycles. The van der Waals surface area contributed by atoms with E-state index in [0.717, 1.165) is 120 Å². The first-order valence-corrected chi connectivity index (χ1v) is 44.7. The van der Waals surface area contributed by atoms with Gasteiger partial charge in [-0.1, -0.05) is 103 Å². The van der Waals surface area contributed by atoms with E-state index in [0.29, 0.717) is 112 Å². The summed E-state index contributed by atoms with van der Waals surface area (Å²) in [4.78, 5) is 110. The minimum absolute atomic E-state index is 0.0136. The molecule has 140 heavy (non-hydrogen) atoms. The second-order valence-corrected chi connectivity index (χ2v) is 35.1. The molecule has 1 spiro atoms. The molecular weight excluding hydrogens is 1770 g/mol. The van der Waals surface area contributed by atoms with Crippen LogP contribution in [0.3, 0.4) is 0 Å². The lowest BCUT2D eigenvalue weighted by Crippen LogP contribution is -2.33. The third-order valence-electron chi connectivity index (χ3n) is 26.9. The number of carbonyl (C=O) groups is 7. The summed E-state index contributed by atoms with van der Waals surface area (Å²) in [7, 11) is 0. The monoisotopic (exact) mass is 1850 g/mol. The van der Waals surface area contributed by atoms with Gasteiger partial charge in [-0.15, -0.1) is 0 Å². The highest BCUT2D eigenvalue weighted by Crippen LogP contribution is 2.59. The van der Waals surface area contributed by atoms with Gasteiger partial charge in [0, 0.05) is 106 Å². The Morgan fingerprint density at radius 2 is 0.593 bits per heavy atom. The van der Waals surface area contributed by atoms with E-state index in [1.54, 1.807) is 103 Å². The van der Waals surface area contributed by atoms with Crippen LogP contribution in [0.4, 0.5) is 0 Å². The Hall–Kier alpha value is -18.3. The van der Waals surface area contributed by atoms with Gasteiger partial charge in [-0.05, 0) is 331 Å². The summed E-state index contributed by atoms with van der Waals surface area (Å²) in [6, 6.07) is 81.8. The molecule has 5 aliphatic heterocycles. The number of hydrogen-bond acceptors (Lipinski definition) is 20. The third kappa shape index (κ3) is 15.2. The molecule has 0 atom stereocenters. The molecule has 6 N–H and O–H groups in total. The van der Waals surface area contributed by atoms with Crippen molar-refractivity contribution in [1.82, 2.24) is 0 Å². The summed E-state index contributed by atoms with van der Waals surface area (Å²) < 4.78 is 39.9. The summed E-state index contributed by atoms with van der Waals surface area (Å²) in [5, 5.41) is 76.0. The molecule has 22 heteroatoms. The minimum atomic E-state index is -1.35. The van der Waals surface area contributed by atoms with E-state index in [4.69, 9.17) is 42.7 Å². The molecule has 0 radical (unpaired) electrons. The number of phenols is 4. The predicted octanol–water partition coefficient (Wildman–Crippen LogP) is 25.8. The van der Waals surface area contributed by atoms with Crippen LogP contribution < -0.4 is 25.1 Å². The molecule has 7 aliphatic rings. The lowest BCUT2D eigenvalue weighted by atomic mass is 9.76. The molecule has 0 aromatic heterocycles. The Labute approximate surface area is 796 Å². The van der Waals surface area contributed by atoms with Crippen molar-refractivity contribution in [2.75, 3.05) is 0 Å². The van der Waals surface area contributed by atoms with Crippen LogP contribution in [0.2, 0.25) is 0 Å². The largest absolute Gasteiger partial charge is 0.508 e. The van der Waals surface area contributed by atoms with E-state index in [2.05, 4.69) is 62.4 Å². The molecule has 22 nitrogen and oxygen atoms in total. The molecule has 0 saturated heterocycles. The van der Waals surface area contributed by atoms with Gasteiger partial charge in [-0.2, -0.15) is 0 Å².